The number of hydrogen-bond acceptors (Lipinski definition) is 4. The number of amides is 1. The number of ether oxygens (including phenoxy) is 2. The fraction of sp³-hybridized carbons (Fsp3) is 0.467. The second kappa shape index (κ2) is 8.32. The van der Waals surface area contributed by atoms with Crippen LogP contribution in [0.4, 0.5) is 4.79 Å². The lowest BCUT2D eigenvalue weighted by atomic mass is 10.1. The number of hydrogen-bond donors (Lipinski definition) is 0. The Morgan fingerprint density at radius 3 is 2.30 bits per heavy atom. The summed E-state index contributed by atoms with van der Waals surface area (Å²) in [6, 6.07) is 6.53. The standard InChI is InChI=1S/C11H13NO3.C4H8O/c1-8(13)9-5-4-6-10(7-9)15-11(14)12(2)3;1-2-4-5-3-1/h4-7H,1-3H3;1-4H2. The minimum atomic E-state index is -0.462. The fourth-order valence-corrected chi connectivity index (χ4v) is 1.48. The number of nitrogens with zero attached hydrogens (tertiary/aromatic N) is 1. The van der Waals surface area contributed by atoms with E-state index in [2.05, 4.69) is 0 Å². The Balaban J connectivity index is 0.000000333. The molecule has 1 aromatic carbocycles. The molecule has 2 rings (SSSR count). The normalized spacial score (nSPS) is 13.2. The van der Waals surface area contributed by atoms with Crippen molar-refractivity contribution in [2.75, 3.05) is 27.3 Å². The Morgan fingerprint density at radius 2 is 1.85 bits per heavy atom. The summed E-state index contributed by atoms with van der Waals surface area (Å²) in [7, 11) is 3.19. The van der Waals surface area contributed by atoms with Crippen molar-refractivity contribution >= 4 is 11.9 Å². The van der Waals surface area contributed by atoms with Crippen LogP contribution in [0.3, 0.4) is 0 Å². The van der Waals surface area contributed by atoms with Crippen LogP contribution < -0.4 is 4.74 Å². The summed E-state index contributed by atoms with van der Waals surface area (Å²) in [5.74, 6) is 0.319. The van der Waals surface area contributed by atoms with Gasteiger partial charge in [-0.15, -0.1) is 0 Å². The Labute approximate surface area is 119 Å². The Morgan fingerprint density at radius 1 is 1.20 bits per heavy atom. The SMILES string of the molecule is C1CCOC1.CC(=O)c1cccc(OC(=O)N(C)C)c1. The molecular formula is C15H21NO4. The van der Waals surface area contributed by atoms with Crippen molar-refractivity contribution in [2.45, 2.75) is 19.8 Å². The molecule has 0 aliphatic carbocycles. The third kappa shape index (κ3) is 5.84. The first-order valence-corrected chi connectivity index (χ1v) is 6.58. The van der Waals surface area contributed by atoms with E-state index in [0.717, 1.165) is 13.2 Å². The highest BCUT2D eigenvalue weighted by Gasteiger charge is 2.07. The molecule has 1 amide bonds. The zero-order valence-corrected chi connectivity index (χ0v) is 12.2. The van der Waals surface area contributed by atoms with Crippen LogP contribution in [0.2, 0.25) is 0 Å². The third-order valence-corrected chi connectivity index (χ3v) is 2.64. The van der Waals surface area contributed by atoms with Crippen LogP contribution >= 0.6 is 0 Å². The first-order chi connectivity index (χ1) is 9.50. The molecule has 0 saturated carbocycles. The molecule has 1 heterocycles. The van der Waals surface area contributed by atoms with Gasteiger partial charge in [0.25, 0.3) is 0 Å². The molecule has 5 heteroatoms. The average molecular weight is 279 g/mol. The summed E-state index contributed by atoms with van der Waals surface area (Å²) in [5.41, 5.74) is 0.527. The van der Waals surface area contributed by atoms with E-state index >= 15 is 0 Å². The van der Waals surface area contributed by atoms with E-state index in [1.807, 2.05) is 0 Å². The van der Waals surface area contributed by atoms with Crippen molar-refractivity contribution in [1.29, 1.82) is 0 Å². The molecule has 0 bridgehead atoms. The molecular weight excluding hydrogens is 258 g/mol. The van der Waals surface area contributed by atoms with E-state index in [0.29, 0.717) is 11.3 Å². The van der Waals surface area contributed by atoms with Crippen molar-refractivity contribution in [3.8, 4) is 5.75 Å². The first kappa shape index (κ1) is 16.2. The van der Waals surface area contributed by atoms with Gasteiger partial charge in [0, 0.05) is 32.9 Å². The maximum absolute atomic E-state index is 11.2. The van der Waals surface area contributed by atoms with E-state index in [1.165, 1.54) is 24.7 Å². The molecule has 1 saturated heterocycles. The predicted octanol–water partition coefficient (Wildman–Crippen LogP) is 2.75. The predicted molar refractivity (Wildman–Crippen MR) is 76.2 cm³/mol. The molecule has 1 fully saturated rings. The zero-order valence-electron chi connectivity index (χ0n) is 12.2. The fourth-order valence-electron chi connectivity index (χ4n) is 1.48. The lowest BCUT2D eigenvalue weighted by molar-refractivity contribution is 0.101. The molecule has 1 aromatic rings. The Kier molecular flexibility index (Phi) is 6.73. The van der Waals surface area contributed by atoms with Gasteiger partial charge in [-0.1, -0.05) is 12.1 Å². The monoisotopic (exact) mass is 279 g/mol. The summed E-state index contributed by atoms with van der Waals surface area (Å²) in [4.78, 5) is 23.6. The molecule has 0 unspecified atom stereocenters. The van der Waals surface area contributed by atoms with Crippen LogP contribution in [-0.4, -0.2) is 44.1 Å². The van der Waals surface area contributed by atoms with E-state index < -0.39 is 6.09 Å². The van der Waals surface area contributed by atoms with Gasteiger partial charge in [0.1, 0.15) is 5.75 Å². The number of carbonyl (C=O) groups excluding carboxylic acids is 2. The van der Waals surface area contributed by atoms with Crippen LogP contribution in [0.25, 0.3) is 0 Å². The van der Waals surface area contributed by atoms with Crippen LogP contribution in [0.1, 0.15) is 30.1 Å². The minimum absolute atomic E-state index is 0.0576. The number of Topliss-reactive ketones (excluding diaryl/α,β-unsaturated/α-hetero) is 1. The van der Waals surface area contributed by atoms with E-state index in [1.54, 1.807) is 38.4 Å². The van der Waals surface area contributed by atoms with Gasteiger partial charge in [-0.2, -0.15) is 0 Å². The van der Waals surface area contributed by atoms with Gasteiger partial charge in [-0.05, 0) is 31.9 Å². The molecule has 20 heavy (non-hydrogen) atoms. The first-order valence-electron chi connectivity index (χ1n) is 6.58. The summed E-state index contributed by atoms with van der Waals surface area (Å²) in [5, 5.41) is 0. The Bertz CT molecular complexity index is 445. The number of benzene rings is 1. The molecule has 0 radical (unpaired) electrons. The highest BCUT2D eigenvalue weighted by Crippen LogP contribution is 2.14. The van der Waals surface area contributed by atoms with Gasteiger partial charge in [0.2, 0.25) is 0 Å². The summed E-state index contributed by atoms with van der Waals surface area (Å²) < 4.78 is 9.95. The van der Waals surface area contributed by atoms with Crippen LogP contribution in [0, 0.1) is 0 Å². The summed E-state index contributed by atoms with van der Waals surface area (Å²) in [6.45, 7) is 3.47. The third-order valence-electron chi connectivity index (χ3n) is 2.64. The number of carbonyl (C=O) groups is 2. The van der Waals surface area contributed by atoms with Crippen molar-refractivity contribution in [3.63, 3.8) is 0 Å². The van der Waals surface area contributed by atoms with E-state index in [4.69, 9.17) is 9.47 Å². The quantitative estimate of drug-likeness (QED) is 0.781. The second-order valence-corrected chi connectivity index (χ2v) is 4.67. The summed E-state index contributed by atoms with van der Waals surface area (Å²) in [6.07, 6.45) is 2.09. The maximum Gasteiger partial charge on any atom is 0.414 e. The van der Waals surface area contributed by atoms with Gasteiger partial charge >= 0.3 is 6.09 Å². The zero-order chi connectivity index (χ0) is 15.0. The molecule has 0 spiro atoms. The molecule has 0 aromatic heterocycles. The topological polar surface area (TPSA) is 55.8 Å². The van der Waals surface area contributed by atoms with Crippen molar-refractivity contribution in [2.24, 2.45) is 0 Å². The van der Waals surface area contributed by atoms with Crippen LogP contribution in [-0.2, 0) is 4.74 Å². The van der Waals surface area contributed by atoms with Crippen molar-refractivity contribution in [3.05, 3.63) is 29.8 Å². The number of ketones is 1. The highest BCUT2D eigenvalue weighted by molar-refractivity contribution is 5.94. The van der Waals surface area contributed by atoms with Gasteiger partial charge in [0.15, 0.2) is 5.78 Å². The lowest BCUT2D eigenvalue weighted by Gasteiger charge is -2.10. The molecule has 110 valence electrons. The average Bonchev–Trinajstić information content (AvgIpc) is 2.98. The lowest BCUT2D eigenvalue weighted by Crippen LogP contribution is -2.25. The van der Waals surface area contributed by atoms with E-state index in [-0.39, 0.29) is 5.78 Å². The van der Waals surface area contributed by atoms with Crippen molar-refractivity contribution in [1.82, 2.24) is 4.90 Å². The van der Waals surface area contributed by atoms with Gasteiger partial charge in [0.05, 0.1) is 0 Å². The second-order valence-electron chi connectivity index (χ2n) is 4.67. The van der Waals surface area contributed by atoms with Crippen LogP contribution in [0.15, 0.2) is 24.3 Å². The smallest absolute Gasteiger partial charge is 0.410 e. The molecule has 5 nitrogen and oxygen atoms in total. The van der Waals surface area contributed by atoms with Crippen molar-refractivity contribution < 1.29 is 19.1 Å². The van der Waals surface area contributed by atoms with E-state index in [9.17, 15) is 9.59 Å². The number of rotatable bonds is 2. The Hall–Kier alpha value is -1.88. The largest absolute Gasteiger partial charge is 0.414 e. The van der Waals surface area contributed by atoms with Crippen LogP contribution in [0.5, 0.6) is 5.75 Å². The highest BCUT2D eigenvalue weighted by atomic mass is 16.6. The maximum atomic E-state index is 11.2. The molecule has 0 atom stereocenters. The molecule has 1 aliphatic heterocycles. The molecule has 0 N–H and O–H groups in total. The van der Waals surface area contributed by atoms with Gasteiger partial charge < -0.3 is 14.4 Å². The molecule has 1 aliphatic rings. The minimum Gasteiger partial charge on any atom is -0.410 e. The summed E-state index contributed by atoms with van der Waals surface area (Å²) >= 11 is 0. The van der Waals surface area contributed by atoms with Gasteiger partial charge in [-0.3, -0.25) is 4.79 Å². The van der Waals surface area contributed by atoms with Gasteiger partial charge in [-0.25, -0.2) is 4.79 Å².